The molecule has 6 heteroatoms. The molecule has 0 aliphatic carbocycles. The summed E-state index contributed by atoms with van der Waals surface area (Å²) >= 11 is 3.46. The summed E-state index contributed by atoms with van der Waals surface area (Å²) < 4.78 is 3.05. The van der Waals surface area contributed by atoms with Crippen LogP contribution in [0.3, 0.4) is 0 Å². The minimum absolute atomic E-state index is 0.636. The van der Waals surface area contributed by atoms with Gasteiger partial charge in [-0.3, -0.25) is 0 Å². The molecule has 0 atom stereocenters. The molecular weight excluding hydrogens is 306 g/mol. The van der Waals surface area contributed by atoms with E-state index >= 15 is 0 Å². The maximum Gasteiger partial charge on any atom is 0.152 e. The van der Waals surface area contributed by atoms with E-state index in [-0.39, 0.29) is 0 Å². The summed E-state index contributed by atoms with van der Waals surface area (Å²) in [5, 5.41) is 20.5. The van der Waals surface area contributed by atoms with Crippen molar-refractivity contribution in [2.75, 3.05) is 5.32 Å². The van der Waals surface area contributed by atoms with Crippen molar-refractivity contribution in [2.24, 2.45) is 0 Å². The van der Waals surface area contributed by atoms with E-state index in [0.717, 1.165) is 41.2 Å². The van der Waals surface area contributed by atoms with Gasteiger partial charge in [0.25, 0.3) is 0 Å². The first-order chi connectivity index (χ1) is 9.28. The smallest absolute Gasteiger partial charge is 0.152 e. The lowest BCUT2D eigenvalue weighted by Crippen LogP contribution is -2.07. The lowest BCUT2D eigenvalue weighted by atomic mass is 10.2. The van der Waals surface area contributed by atoms with E-state index in [1.54, 1.807) is 12.1 Å². The number of anilines is 1. The highest BCUT2D eigenvalue weighted by atomic mass is 79.9. The van der Waals surface area contributed by atoms with Gasteiger partial charge < -0.3 is 9.88 Å². The molecule has 96 valence electrons. The van der Waals surface area contributed by atoms with Crippen molar-refractivity contribution in [1.29, 1.82) is 5.26 Å². The van der Waals surface area contributed by atoms with Crippen LogP contribution in [0.15, 0.2) is 22.7 Å². The van der Waals surface area contributed by atoms with Gasteiger partial charge in [-0.1, -0.05) is 0 Å². The number of aromatic nitrogens is 3. The van der Waals surface area contributed by atoms with Crippen molar-refractivity contribution in [1.82, 2.24) is 14.8 Å². The highest BCUT2D eigenvalue weighted by Gasteiger charge is 2.16. The lowest BCUT2D eigenvalue weighted by molar-refractivity contribution is 0.696. The van der Waals surface area contributed by atoms with Crippen LogP contribution >= 0.6 is 15.9 Å². The van der Waals surface area contributed by atoms with Gasteiger partial charge in [0.15, 0.2) is 5.82 Å². The first kappa shape index (κ1) is 12.2. The second-order valence-corrected chi connectivity index (χ2v) is 5.30. The fraction of sp³-hybridized carbons (Fsp3) is 0.308. The Morgan fingerprint density at radius 3 is 3.11 bits per heavy atom. The second-order valence-electron chi connectivity index (χ2n) is 4.45. The number of hydrogen-bond donors (Lipinski definition) is 1. The van der Waals surface area contributed by atoms with E-state index in [4.69, 9.17) is 5.26 Å². The van der Waals surface area contributed by atoms with E-state index in [0.29, 0.717) is 12.1 Å². The summed E-state index contributed by atoms with van der Waals surface area (Å²) in [6.07, 6.45) is 2.17. The van der Waals surface area contributed by atoms with Gasteiger partial charge in [-0.05, 0) is 40.5 Å². The van der Waals surface area contributed by atoms with E-state index in [1.165, 1.54) is 0 Å². The summed E-state index contributed by atoms with van der Waals surface area (Å²) in [5.74, 6) is 2.04. The summed E-state index contributed by atoms with van der Waals surface area (Å²) in [6, 6.07) is 7.60. The van der Waals surface area contributed by atoms with Crippen LogP contribution in [0.25, 0.3) is 0 Å². The van der Waals surface area contributed by atoms with E-state index in [2.05, 4.69) is 42.1 Å². The van der Waals surface area contributed by atoms with Gasteiger partial charge >= 0.3 is 0 Å². The highest BCUT2D eigenvalue weighted by molar-refractivity contribution is 9.10. The minimum atomic E-state index is 0.636. The van der Waals surface area contributed by atoms with Gasteiger partial charge in [0, 0.05) is 23.1 Å². The van der Waals surface area contributed by atoms with Gasteiger partial charge in [-0.25, -0.2) is 0 Å². The number of rotatable bonds is 3. The van der Waals surface area contributed by atoms with Crippen molar-refractivity contribution in [2.45, 2.75) is 25.9 Å². The fourth-order valence-corrected chi connectivity index (χ4v) is 2.76. The molecule has 1 aliphatic rings. The molecule has 0 unspecified atom stereocenters. The number of nitriles is 1. The molecule has 1 aromatic carbocycles. The SMILES string of the molecule is N#Cc1ccc(NCc2nnc3n2CCC3)c(Br)c1. The monoisotopic (exact) mass is 317 g/mol. The van der Waals surface area contributed by atoms with Crippen molar-refractivity contribution in [3.8, 4) is 6.07 Å². The second kappa shape index (κ2) is 5.02. The topological polar surface area (TPSA) is 66.5 Å². The van der Waals surface area contributed by atoms with Gasteiger partial charge in [-0.2, -0.15) is 5.26 Å². The molecule has 3 rings (SSSR count). The molecule has 2 aromatic rings. The molecule has 1 N–H and O–H groups in total. The molecule has 0 saturated carbocycles. The van der Waals surface area contributed by atoms with Gasteiger partial charge in [0.05, 0.1) is 18.2 Å². The minimum Gasteiger partial charge on any atom is -0.377 e. The predicted molar refractivity (Wildman–Crippen MR) is 74.5 cm³/mol. The van der Waals surface area contributed by atoms with E-state index < -0.39 is 0 Å². The molecule has 0 radical (unpaired) electrons. The first-order valence-corrected chi connectivity index (χ1v) is 6.91. The molecule has 1 aliphatic heterocycles. The van der Waals surface area contributed by atoms with E-state index in [1.807, 2.05) is 6.07 Å². The Balaban J connectivity index is 1.74. The molecule has 0 spiro atoms. The third kappa shape index (κ3) is 2.34. The van der Waals surface area contributed by atoms with Crippen LogP contribution in [0.1, 0.15) is 23.6 Å². The average Bonchev–Trinajstić information content (AvgIpc) is 3.01. The van der Waals surface area contributed by atoms with Crippen molar-refractivity contribution < 1.29 is 0 Å². The molecule has 0 bridgehead atoms. The number of nitrogens with zero attached hydrogens (tertiary/aromatic N) is 4. The predicted octanol–water partition coefficient (Wildman–Crippen LogP) is 2.47. The standard InChI is InChI=1S/C13H12BrN5/c14-10-6-9(7-15)3-4-11(10)16-8-13-18-17-12-2-1-5-19(12)13/h3-4,6,16H,1-2,5,8H2. The zero-order chi connectivity index (χ0) is 13.2. The lowest BCUT2D eigenvalue weighted by Gasteiger charge is -2.08. The summed E-state index contributed by atoms with van der Waals surface area (Å²) in [5.41, 5.74) is 1.59. The molecular formula is C13H12BrN5. The third-order valence-corrected chi connectivity index (χ3v) is 3.88. The summed E-state index contributed by atoms with van der Waals surface area (Å²) in [6.45, 7) is 1.64. The number of nitrogens with one attached hydrogen (secondary N) is 1. The first-order valence-electron chi connectivity index (χ1n) is 6.12. The summed E-state index contributed by atoms with van der Waals surface area (Å²) in [7, 11) is 0. The Labute approximate surface area is 119 Å². The highest BCUT2D eigenvalue weighted by Crippen LogP contribution is 2.24. The average molecular weight is 318 g/mol. The molecule has 0 saturated heterocycles. The Kier molecular flexibility index (Phi) is 3.22. The van der Waals surface area contributed by atoms with Crippen LogP contribution < -0.4 is 5.32 Å². The number of hydrogen-bond acceptors (Lipinski definition) is 4. The van der Waals surface area contributed by atoms with Gasteiger partial charge in [-0.15, -0.1) is 10.2 Å². The van der Waals surface area contributed by atoms with Crippen LogP contribution in [-0.2, 0) is 19.5 Å². The Morgan fingerprint density at radius 2 is 2.32 bits per heavy atom. The fourth-order valence-electron chi connectivity index (χ4n) is 2.24. The van der Waals surface area contributed by atoms with Gasteiger partial charge in [0.2, 0.25) is 0 Å². The molecule has 0 fully saturated rings. The van der Waals surface area contributed by atoms with Crippen molar-refractivity contribution in [3.63, 3.8) is 0 Å². The normalized spacial score (nSPS) is 13.1. The Morgan fingerprint density at radius 1 is 1.42 bits per heavy atom. The number of halogens is 1. The zero-order valence-corrected chi connectivity index (χ0v) is 11.8. The van der Waals surface area contributed by atoms with Crippen LogP contribution in [0, 0.1) is 11.3 Å². The van der Waals surface area contributed by atoms with E-state index in [9.17, 15) is 0 Å². The molecule has 0 amide bonds. The zero-order valence-electron chi connectivity index (χ0n) is 10.2. The van der Waals surface area contributed by atoms with Crippen molar-refractivity contribution >= 4 is 21.6 Å². The number of benzene rings is 1. The molecule has 2 heterocycles. The third-order valence-electron chi connectivity index (χ3n) is 3.22. The largest absolute Gasteiger partial charge is 0.377 e. The summed E-state index contributed by atoms with van der Waals surface area (Å²) in [4.78, 5) is 0. The molecule has 19 heavy (non-hydrogen) atoms. The van der Waals surface area contributed by atoms with Crippen molar-refractivity contribution in [3.05, 3.63) is 39.9 Å². The Bertz CT molecular complexity index is 656. The van der Waals surface area contributed by atoms with Crippen LogP contribution in [0.2, 0.25) is 0 Å². The molecule has 1 aromatic heterocycles. The maximum atomic E-state index is 8.83. The van der Waals surface area contributed by atoms with Crippen LogP contribution in [0.5, 0.6) is 0 Å². The van der Waals surface area contributed by atoms with Crippen LogP contribution in [-0.4, -0.2) is 14.8 Å². The van der Waals surface area contributed by atoms with Gasteiger partial charge in [0.1, 0.15) is 5.82 Å². The van der Waals surface area contributed by atoms with Crippen LogP contribution in [0.4, 0.5) is 5.69 Å². The number of aryl methyl sites for hydroxylation is 1. The Hall–Kier alpha value is -1.87. The quantitative estimate of drug-likeness (QED) is 0.944. The maximum absolute atomic E-state index is 8.83. The number of fused-ring (bicyclic) bond motifs is 1. The molecule has 5 nitrogen and oxygen atoms in total.